The molecule has 0 unspecified atom stereocenters. The highest BCUT2D eigenvalue weighted by atomic mass is 32.2. The molecule has 0 fully saturated rings. The number of hydrogen-bond acceptors (Lipinski definition) is 3. The van der Waals surface area contributed by atoms with Crippen LogP contribution in [0.4, 0.5) is 8.78 Å². The molecule has 0 heterocycles. The van der Waals surface area contributed by atoms with Crippen LogP contribution in [0.1, 0.15) is 32.4 Å². The highest BCUT2D eigenvalue weighted by Crippen LogP contribution is 2.20. The Kier molecular flexibility index (Phi) is 5.43. The van der Waals surface area contributed by atoms with Crippen molar-refractivity contribution in [1.82, 2.24) is 5.32 Å². The number of benzene rings is 1. The summed E-state index contributed by atoms with van der Waals surface area (Å²) < 4.78 is 50.1. The van der Waals surface area contributed by atoms with Crippen LogP contribution in [0.2, 0.25) is 0 Å². The fourth-order valence-corrected chi connectivity index (χ4v) is 3.08. The van der Waals surface area contributed by atoms with Crippen LogP contribution >= 0.6 is 0 Å². The summed E-state index contributed by atoms with van der Waals surface area (Å²) in [6, 6.07) is 2.70. The molecule has 2 atom stereocenters. The minimum atomic E-state index is -3.12. The van der Waals surface area contributed by atoms with Gasteiger partial charge in [-0.1, -0.05) is 13.0 Å². The van der Waals surface area contributed by atoms with Crippen LogP contribution in [0.15, 0.2) is 18.2 Å². The normalized spacial score (nSPS) is 15.2. The van der Waals surface area contributed by atoms with Crippen LogP contribution in [-0.2, 0) is 9.84 Å². The van der Waals surface area contributed by atoms with Crippen LogP contribution in [0.3, 0.4) is 0 Å². The molecule has 0 aliphatic heterocycles. The lowest BCUT2D eigenvalue weighted by Crippen LogP contribution is -2.36. The highest BCUT2D eigenvalue weighted by molar-refractivity contribution is 7.91. The molecule has 0 aliphatic carbocycles. The first-order chi connectivity index (χ1) is 8.76. The SMILES string of the molecule is CCS(=O)(=O)C[C@H](C)N[C@H](C)c1c(F)cccc1F. The van der Waals surface area contributed by atoms with Crippen LogP contribution in [-0.4, -0.2) is 26.0 Å². The van der Waals surface area contributed by atoms with Crippen molar-refractivity contribution in [2.75, 3.05) is 11.5 Å². The molecule has 3 nitrogen and oxygen atoms in total. The topological polar surface area (TPSA) is 46.2 Å². The molecule has 0 aromatic heterocycles. The molecule has 1 aromatic rings. The number of sulfone groups is 1. The second-order valence-electron chi connectivity index (χ2n) is 4.62. The van der Waals surface area contributed by atoms with Gasteiger partial charge in [-0.15, -0.1) is 0 Å². The Labute approximate surface area is 112 Å². The van der Waals surface area contributed by atoms with Crippen molar-refractivity contribution >= 4 is 9.84 Å². The van der Waals surface area contributed by atoms with Gasteiger partial charge in [0, 0.05) is 23.4 Å². The standard InChI is InChI=1S/C13H19F2NO2S/c1-4-19(17,18)8-9(2)16-10(3)13-11(14)6-5-7-12(13)15/h5-7,9-10,16H,4,8H2,1-3H3/t9-,10+/m0/s1. The van der Waals surface area contributed by atoms with E-state index in [2.05, 4.69) is 5.32 Å². The van der Waals surface area contributed by atoms with Gasteiger partial charge in [0.05, 0.1) is 5.75 Å². The molecule has 0 saturated carbocycles. The Morgan fingerprint density at radius 3 is 2.21 bits per heavy atom. The highest BCUT2D eigenvalue weighted by Gasteiger charge is 2.20. The summed E-state index contributed by atoms with van der Waals surface area (Å²) in [5, 5.41) is 2.91. The van der Waals surface area contributed by atoms with E-state index >= 15 is 0 Å². The van der Waals surface area contributed by atoms with E-state index < -0.39 is 27.5 Å². The van der Waals surface area contributed by atoms with Gasteiger partial charge in [-0.2, -0.15) is 0 Å². The van der Waals surface area contributed by atoms with E-state index in [4.69, 9.17) is 0 Å². The van der Waals surface area contributed by atoms with E-state index in [0.717, 1.165) is 0 Å². The van der Waals surface area contributed by atoms with E-state index in [9.17, 15) is 17.2 Å². The van der Waals surface area contributed by atoms with Crippen LogP contribution in [0, 0.1) is 11.6 Å². The van der Waals surface area contributed by atoms with E-state index in [1.54, 1.807) is 20.8 Å². The molecular formula is C13H19F2NO2S. The van der Waals surface area contributed by atoms with Crippen molar-refractivity contribution in [3.63, 3.8) is 0 Å². The van der Waals surface area contributed by atoms with Crippen molar-refractivity contribution in [3.8, 4) is 0 Å². The van der Waals surface area contributed by atoms with Crippen molar-refractivity contribution in [3.05, 3.63) is 35.4 Å². The second-order valence-corrected chi connectivity index (χ2v) is 7.02. The van der Waals surface area contributed by atoms with Gasteiger partial charge in [0.1, 0.15) is 11.6 Å². The molecule has 0 amide bonds. The zero-order chi connectivity index (χ0) is 14.6. The molecule has 0 saturated heterocycles. The lowest BCUT2D eigenvalue weighted by molar-refractivity contribution is 0.455. The van der Waals surface area contributed by atoms with Gasteiger partial charge >= 0.3 is 0 Å². The largest absolute Gasteiger partial charge is 0.306 e. The van der Waals surface area contributed by atoms with Crippen LogP contribution in [0.5, 0.6) is 0 Å². The average Bonchev–Trinajstić information content (AvgIpc) is 2.27. The maximum atomic E-state index is 13.6. The fraction of sp³-hybridized carbons (Fsp3) is 0.538. The number of halogens is 2. The predicted molar refractivity (Wildman–Crippen MR) is 71.7 cm³/mol. The van der Waals surface area contributed by atoms with Gasteiger partial charge in [-0.3, -0.25) is 0 Å². The summed E-state index contributed by atoms with van der Waals surface area (Å²) in [4.78, 5) is 0. The van der Waals surface area contributed by atoms with Gasteiger partial charge in [-0.05, 0) is 26.0 Å². The Balaban J connectivity index is 2.77. The molecule has 19 heavy (non-hydrogen) atoms. The van der Waals surface area contributed by atoms with Gasteiger partial charge in [-0.25, -0.2) is 17.2 Å². The number of hydrogen-bond donors (Lipinski definition) is 1. The van der Waals surface area contributed by atoms with Gasteiger partial charge in [0.15, 0.2) is 9.84 Å². The van der Waals surface area contributed by atoms with Crippen molar-refractivity contribution in [1.29, 1.82) is 0 Å². The molecule has 1 aromatic carbocycles. The molecule has 0 spiro atoms. The quantitative estimate of drug-likeness (QED) is 0.875. The molecule has 0 aliphatic rings. The predicted octanol–water partition coefficient (Wildman–Crippen LogP) is 2.44. The van der Waals surface area contributed by atoms with E-state index in [1.165, 1.54) is 18.2 Å². The maximum Gasteiger partial charge on any atom is 0.151 e. The molecule has 6 heteroatoms. The third-order valence-corrected chi connectivity index (χ3v) is 4.80. The third kappa shape index (κ3) is 4.54. The first kappa shape index (κ1) is 16.0. The summed E-state index contributed by atoms with van der Waals surface area (Å²) in [7, 11) is -3.12. The van der Waals surface area contributed by atoms with Crippen molar-refractivity contribution < 1.29 is 17.2 Å². The smallest absolute Gasteiger partial charge is 0.151 e. The van der Waals surface area contributed by atoms with Gasteiger partial charge in [0.25, 0.3) is 0 Å². The number of nitrogens with one attached hydrogen (secondary N) is 1. The first-order valence-corrected chi connectivity index (χ1v) is 7.99. The summed E-state index contributed by atoms with van der Waals surface area (Å²) >= 11 is 0. The molecule has 1 rings (SSSR count). The summed E-state index contributed by atoms with van der Waals surface area (Å²) in [6.07, 6.45) is 0. The summed E-state index contributed by atoms with van der Waals surface area (Å²) in [6.45, 7) is 4.86. The third-order valence-electron chi connectivity index (χ3n) is 2.91. The summed E-state index contributed by atoms with van der Waals surface area (Å²) in [5.41, 5.74) is -0.0664. The number of rotatable bonds is 6. The van der Waals surface area contributed by atoms with E-state index in [-0.39, 0.29) is 23.1 Å². The lowest BCUT2D eigenvalue weighted by atomic mass is 10.1. The zero-order valence-corrected chi connectivity index (χ0v) is 12.1. The average molecular weight is 291 g/mol. The van der Waals surface area contributed by atoms with Crippen molar-refractivity contribution in [2.45, 2.75) is 32.9 Å². The fourth-order valence-electron chi connectivity index (χ4n) is 1.98. The minimum absolute atomic E-state index is 0.0517. The van der Waals surface area contributed by atoms with Crippen LogP contribution in [0.25, 0.3) is 0 Å². The Bertz CT molecular complexity index is 511. The monoisotopic (exact) mass is 291 g/mol. The van der Waals surface area contributed by atoms with Gasteiger partial charge in [0.2, 0.25) is 0 Å². The van der Waals surface area contributed by atoms with Gasteiger partial charge < -0.3 is 5.32 Å². The van der Waals surface area contributed by atoms with E-state index in [0.29, 0.717) is 0 Å². The Morgan fingerprint density at radius 1 is 1.21 bits per heavy atom. The Hall–Kier alpha value is -1.01. The minimum Gasteiger partial charge on any atom is -0.306 e. The molecular weight excluding hydrogens is 272 g/mol. The van der Waals surface area contributed by atoms with Crippen molar-refractivity contribution in [2.24, 2.45) is 0 Å². The van der Waals surface area contributed by atoms with E-state index in [1.807, 2.05) is 0 Å². The summed E-state index contributed by atoms with van der Waals surface area (Å²) in [5.74, 6) is -1.26. The Morgan fingerprint density at radius 2 is 1.74 bits per heavy atom. The molecule has 108 valence electrons. The maximum absolute atomic E-state index is 13.6. The molecule has 1 N–H and O–H groups in total. The van der Waals surface area contributed by atoms with Crippen LogP contribution < -0.4 is 5.32 Å². The zero-order valence-electron chi connectivity index (χ0n) is 11.3. The lowest BCUT2D eigenvalue weighted by Gasteiger charge is -2.21. The second kappa shape index (κ2) is 6.43. The molecule has 0 radical (unpaired) electrons. The molecule has 0 bridgehead atoms. The first-order valence-electron chi connectivity index (χ1n) is 6.17.